The molecule has 0 spiro atoms. The summed E-state index contributed by atoms with van der Waals surface area (Å²) in [6, 6.07) is 6.98. The van der Waals surface area contributed by atoms with Crippen molar-refractivity contribution in [3.8, 4) is 17.2 Å². The van der Waals surface area contributed by atoms with E-state index in [1.54, 1.807) is 12.1 Å². The average molecular weight is 438 g/mol. The lowest BCUT2D eigenvalue weighted by molar-refractivity contribution is -0.468. The molecular formula is C24H26N2O6. The van der Waals surface area contributed by atoms with E-state index in [2.05, 4.69) is 0 Å². The molecule has 0 aliphatic heterocycles. The van der Waals surface area contributed by atoms with Gasteiger partial charge in [-0.2, -0.15) is 0 Å². The van der Waals surface area contributed by atoms with Gasteiger partial charge in [0, 0.05) is 16.9 Å². The van der Waals surface area contributed by atoms with Gasteiger partial charge in [0.25, 0.3) is 5.52 Å². The SMILES string of the molecule is COc1cc(C2CC2C(=O)c2c(C)n([O-])c3cc(C)c(C)cc3[n+]2=O)cc(OC)c1OC. The number of rotatable bonds is 6. The zero-order valence-corrected chi connectivity index (χ0v) is 19.0. The third-order valence-electron chi connectivity index (χ3n) is 6.35. The van der Waals surface area contributed by atoms with Crippen LogP contribution in [0.2, 0.25) is 0 Å². The van der Waals surface area contributed by atoms with Gasteiger partial charge >= 0.3 is 5.69 Å². The Morgan fingerprint density at radius 2 is 1.59 bits per heavy atom. The summed E-state index contributed by atoms with van der Waals surface area (Å²) in [5, 5.41) is 12.9. The maximum Gasteiger partial charge on any atom is 0.325 e. The molecule has 32 heavy (non-hydrogen) atoms. The molecule has 3 aromatic rings. The summed E-state index contributed by atoms with van der Waals surface area (Å²) >= 11 is 0. The molecule has 2 aromatic carbocycles. The smallest absolute Gasteiger partial charge is 0.325 e. The highest BCUT2D eigenvalue weighted by molar-refractivity contribution is 5.99. The quantitative estimate of drug-likeness (QED) is 0.429. The van der Waals surface area contributed by atoms with Crippen molar-refractivity contribution < 1.29 is 23.4 Å². The number of nitrogens with zero attached hydrogens (tertiary/aromatic N) is 2. The van der Waals surface area contributed by atoms with Gasteiger partial charge in [-0.3, -0.25) is 4.79 Å². The molecule has 1 saturated carbocycles. The standard InChI is InChI=1S/C24H26N2O6/c1-12-7-18-19(8-13(12)2)26(29)22(14(3)25(18)28)23(27)17-11-16(17)15-9-20(30-4)24(32-6)21(10-15)31-5/h7-10,16-17H,11H2,1-6H3. The van der Waals surface area contributed by atoms with Gasteiger partial charge in [-0.15, -0.1) is 0 Å². The van der Waals surface area contributed by atoms with Crippen LogP contribution in [-0.4, -0.2) is 31.8 Å². The number of carbonyl (C=O) groups excluding carboxylic acids is 1. The minimum Gasteiger partial charge on any atom is -0.805 e. The second-order valence-electron chi connectivity index (χ2n) is 8.22. The number of ether oxygens (including phenoxy) is 3. The molecule has 1 aliphatic carbocycles. The highest BCUT2D eigenvalue weighted by Crippen LogP contribution is 2.52. The minimum absolute atomic E-state index is 0.101. The monoisotopic (exact) mass is 438 g/mol. The van der Waals surface area contributed by atoms with Crippen LogP contribution in [0.3, 0.4) is 0 Å². The van der Waals surface area contributed by atoms with Crippen molar-refractivity contribution in [2.75, 3.05) is 21.3 Å². The van der Waals surface area contributed by atoms with E-state index >= 15 is 0 Å². The van der Waals surface area contributed by atoms with E-state index < -0.39 is 5.92 Å². The van der Waals surface area contributed by atoms with Crippen molar-refractivity contribution in [3.63, 3.8) is 0 Å². The van der Waals surface area contributed by atoms with Gasteiger partial charge < -0.3 is 24.1 Å². The van der Waals surface area contributed by atoms with Crippen molar-refractivity contribution >= 4 is 16.8 Å². The van der Waals surface area contributed by atoms with Crippen LogP contribution in [0.1, 0.15) is 45.2 Å². The average Bonchev–Trinajstić information content (AvgIpc) is 3.59. The normalized spacial score (nSPS) is 17.3. The van der Waals surface area contributed by atoms with E-state index in [-0.39, 0.29) is 34.1 Å². The van der Waals surface area contributed by atoms with Crippen LogP contribution in [0, 0.1) is 36.8 Å². The molecule has 0 bridgehead atoms. The van der Waals surface area contributed by atoms with Gasteiger partial charge in [0.1, 0.15) is 5.52 Å². The van der Waals surface area contributed by atoms with Crippen LogP contribution in [0.25, 0.3) is 11.0 Å². The number of hydrogen-bond acceptors (Lipinski definition) is 6. The zero-order valence-electron chi connectivity index (χ0n) is 19.0. The van der Waals surface area contributed by atoms with Gasteiger partial charge in [0.15, 0.2) is 11.5 Å². The number of aryl methyl sites for hydroxylation is 2. The highest BCUT2D eigenvalue weighted by Gasteiger charge is 2.49. The van der Waals surface area contributed by atoms with E-state index in [1.165, 1.54) is 28.3 Å². The molecule has 2 unspecified atom stereocenters. The van der Waals surface area contributed by atoms with E-state index in [0.29, 0.717) is 32.8 Å². The summed E-state index contributed by atoms with van der Waals surface area (Å²) in [5.41, 5.74) is 3.11. The largest absolute Gasteiger partial charge is 0.805 e. The molecule has 8 heteroatoms. The number of hydrogen-bond donors (Lipinski definition) is 0. The summed E-state index contributed by atoms with van der Waals surface area (Å²) in [6.07, 6.45) is 0.570. The molecule has 8 nitrogen and oxygen atoms in total. The molecule has 0 N–H and O–H groups in total. The molecule has 1 aromatic heterocycles. The third kappa shape index (κ3) is 3.26. The fourth-order valence-corrected chi connectivity index (χ4v) is 4.28. The molecule has 0 saturated heterocycles. The fraction of sp³-hybridized carbons (Fsp3) is 0.375. The van der Waals surface area contributed by atoms with Gasteiger partial charge in [-0.1, -0.05) is 0 Å². The molecule has 2 atom stereocenters. The van der Waals surface area contributed by atoms with E-state index in [4.69, 9.17) is 14.2 Å². The molecule has 1 fully saturated rings. The molecule has 168 valence electrons. The number of fused-ring (bicyclic) bond motifs is 1. The van der Waals surface area contributed by atoms with Crippen LogP contribution in [0.15, 0.2) is 24.3 Å². The van der Waals surface area contributed by atoms with Crippen LogP contribution in [0.5, 0.6) is 17.2 Å². The van der Waals surface area contributed by atoms with Crippen molar-refractivity contribution in [1.29, 1.82) is 0 Å². The zero-order chi connectivity index (χ0) is 23.3. The Morgan fingerprint density at radius 1 is 1.00 bits per heavy atom. The lowest BCUT2D eigenvalue weighted by atomic mass is 10.0. The summed E-state index contributed by atoms with van der Waals surface area (Å²) in [4.78, 5) is 26.5. The van der Waals surface area contributed by atoms with E-state index in [9.17, 15) is 14.9 Å². The first-order valence-corrected chi connectivity index (χ1v) is 10.3. The van der Waals surface area contributed by atoms with Crippen molar-refractivity contribution in [2.24, 2.45) is 5.92 Å². The van der Waals surface area contributed by atoms with Gasteiger partial charge in [0.2, 0.25) is 11.5 Å². The maximum atomic E-state index is 13.4. The topological polar surface area (TPSA) is 95.7 Å². The number of benzene rings is 2. The predicted molar refractivity (Wildman–Crippen MR) is 120 cm³/mol. The fourth-order valence-electron chi connectivity index (χ4n) is 4.28. The Bertz CT molecular complexity index is 1290. The Morgan fingerprint density at radius 3 is 2.16 bits per heavy atom. The van der Waals surface area contributed by atoms with Crippen LogP contribution < -0.4 is 18.6 Å². The lowest BCUT2D eigenvalue weighted by Crippen LogP contribution is -2.31. The minimum atomic E-state index is -0.402. The predicted octanol–water partition coefficient (Wildman–Crippen LogP) is 3.84. The maximum absolute atomic E-state index is 13.4. The number of carbonyl (C=O) groups is 1. The first-order valence-electron chi connectivity index (χ1n) is 10.3. The number of Topliss-reactive ketones (excluding diaryl/α,β-unsaturated/α-hetero) is 1. The Labute approximate surface area is 185 Å². The van der Waals surface area contributed by atoms with Gasteiger partial charge in [0.05, 0.1) is 31.5 Å². The molecule has 0 radical (unpaired) electrons. The van der Waals surface area contributed by atoms with Gasteiger partial charge in [-0.25, -0.2) is 0 Å². The van der Waals surface area contributed by atoms with Gasteiger partial charge in [-0.05, 0) is 68.0 Å². The third-order valence-corrected chi connectivity index (χ3v) is 6.35. The Kier molecular flexibility index (Phi) is 5.32. The van der Waals surface area contributed by atoms with Crippen LogP contribution in [-0.2, 0) is 0 Å². The molecular weight excluding hydrogens is 412 g/mol. The Balaban J connectivity index is 1.75. The molecule has 1 aliphatic rings. The number of aromatic nitrogens is 2. The number of methoxy groups -OCH3 is 3. The van der Waals surface area contributed by atoms with E-state index in [1.807, 2.05) is 26.0 Å². The summed E-state index contributed by atoms with van der Waals surface area (Å²) in [6.45, 7) is 5.26. The summed E-state index contributed by atoms with van der Waals surface area (Å²) in [7, 11) is 4.60. The summed E-state index contributed by atoms with van der Waals surface area (Å²) < 4.78 is 17.5. The van der Waals surface area contributed by atoms with Crippen molar-refractivity contribution in [3.05, 3.63) is 62.5 Å². The number of ketones is 1. The van der Waals surface area contributed by atoms with E-state index in [0.717, 1.165) is 16.7 Å². The van der Waals surface area contributed by atoms with Crippen LogP contribution in [0.4, 0.5) is 0 Å². The first kappa shape index (κ1) is 21.7. The van der Waals surface area contributed by atoms with Crippen molar-refractivity contribution in [2.45, 2.75) is 33.1 Å². The lowest BCUT2D eigenvalue weighted by Gasteiger charge is -2.17. The van der Waals surface area contributed by atoms with Crippen molar-refractivity contribution in [1.82, 2.24) is 4.73 Å². The highest BCUT2D eigenvalue weighted by atomic mass is 16.5. The molecule has 1 heterocycles. The Hall–Kier alpha value is -3.55. The summed E-state index contributed by atoms with van der Waals surface area (Å²) in [5.74, 6) is 0.642. The first-order chi connectivity index (χ1) is 15.2. The van der Waals surface area contributed by atoms with Crippen LogP contribution >= 0.6 is 0 Å². The second-order valence-corrected chi connectivity index (χ2v) is 8.22. The molecule has 4 rings (SSSR count). The second kappa shape index (κ2) is 7.85. The molecule has 0 amide bonds.